The molecule has 3 rings (SSSR count). The Labute approximate surface area is 105 Å². The molecule has 0 saturated carbocycles. The monoisotopic (exact) mass is 250 g/mol. The second-order valence-corrected chi connectivity index (χ2v) is 4.77. The molecule has 0 aromatic carbocycles. The van der Waals surface area contributed by atoms with Crippen LogP contribution in [0.4, 0.5) is 5.82 Å². The minimum Gasteiger partial charge on any atom is -0.464 e. The molecule has 17 heavy (non-hydrogen) atoms. The third-order valence-electron chi connectivity index (χ3n) is 3.44. The van der Waals surface area contributed by atoms with Gasteiger partial charge in [0.15, 0.2) is 0 Å². The standard InChI is InChI=1S/C13H15ClN2O/c14-9-10-3-1-2-7-16(10)13-11-5-8-17-12(11)4-6-15-13/h4-6,8,10H,1-3,7,9H2. The van der Waals surface area contributed by atoms with Gasteiger partial charge in [-0.15, -0.1) is 11.6 Å². The van der Waals surface area contributed by atoms with Gasteiger partial charge < -0.3 is 9.32 Å². The van der Waals surface area contributed by atoms with Gasteiger partial charge in [0.05, 0.1) is 11.6 Å². The highest BCUT2D eigenvalue weighted by molar-refractivity contribution is 6.18. The second kappa shape index (κ2) is 4.57. The average Bonchev–Trinajstić information content (AvgIpc) is 2.86. The van der Waals surface area contributed by atoms with Crippen LogP contribution >= 0.6 is 11.6 Å². The van der Waals surface area contributed by atoms with E-state index < -0.39 is 0 Å². The molecule has 1 fully saturated rings. The molecule has 2 aromatic rings. The average molecular weight is 251 g/mol. The Morgan fingerprint density at radius 1 is 1.41 bits per heavy atom. The van der Waals surface area contributed by atoms with Crippen LogP contribution in [0.25, 0.3) is 11.0 Å². The topological polar surface area (TPSA) is 29.3 Å². The van der Waals surface area contributed by atoms with E-state index in [4.69, 9.17) is 16.0 Å². The summed E-state index contributed by atoms with van der Waals surface area (Å²) >= 11 is 6.06. The molecule has 0 aliphatic carbocycles. The van der Waals surface area contributed by atoms with Gasteiger partial charge in [-0.3, -0.25) is 0 Å². The van der Waals surface area contributed by atoms with Gasteiger partial charge in [0.25, 0.3) is 0 Å². The number of anilines is 1. The number of hydrogen-bond donors (Lipinski definition) is 0. The van der Waals surface area contributed by atoms with Gasteiger partial charge in [-0.1, -0.05) is 0 Å². The molecule has 0 amide bonds. The number of furan rings is 1. The van der Waals surface area contributed by atoms with Crippen molar-refractivity contribution in [2.24, 2.45) is 0 Å². The van der Waals surface area contributed by atoms with Gasteiger partial charge >= 0.3 is 0 Å². The molecule has 0 bridgehead atoms. The highest BCUT2D eigenvalue weighted by Gasteiger charge is 2.24. The van der Waals surface area contributed by atoms with Gasteiger partial charge in [0, 0.05) is 24.7 Å². The summed E-state index contributed by atoms with van der Waals surface area (Å²) in [7, 11) is 0. The number of nitrogens with zero attached hydrogens (tertiary/aromatic N) is 2. The quantitative estimate of drug-likeness (QED) is 0.765. The molecule has 0 radical (unpaired) electrons. The van der Waals surface area contributed by atoms with Crippen molar-refractivity contribution in [1.29, 1.82) is 0 Å². The zero-order chi connectivity index (χ0) is 11.7. The fraction of sp³-hybridized carbons (Fsp3) is 0.462. The second-order valence-electron chi connectivity index (χ2n) is 4.46. The largest absolute Gasteiger partial charge is 0.464 e. The third-order valence-corrected chi connectivity index (χ3v) is 3.79. The molecule has 1 unspecified atom stereocenters. The van der Waals surface area contributed by atoms with Gasteiger partial charge in [0.2, 0.25) is 0 Å². The molecule has 3 nitrogen and oxygen atoms in total. The predicted octanol–water partition coefficient (Wildman–Crippen LogP) is 3.43. The van der Waals surface area contributed by atoms with E-state index in [2.05, 4.69) is 9.88 Å². The fourth-order valence-corrected chi connectivity index (χ4v) is 2.87. The van der Waals surface area contributed by atoms with Crippen LogP contribution in [0.3, 0.4) is 0 Å². The molecule has 1 aliphatic rings. The first-order valence-corrected chi connectivity index (χ1v) is 6.58. The van der Waals surface area contributed by atoms with E-state index in [-0.39, 0.29) is 0 Å². The van der Waals surface area contributed by atoms with Crippen LogP contribution in [0.15, 0.2) is 29.0 Å². The van der Waals surface area contributed by atoms with E-state index in [1.165, 1.54) is 12.8 Å². The number of aromatic nitrogens is 1. The summed E-state index contributed by atoms with van der Waals surface area (Å²) < 4.78 is 5.42. The highest BCUT2D eigenvalue weighted by atomic mass is 35.5. The van der Waals surface area contributed by atoms with E-state index in [0.29, 0.717) is 11.9 Å². The molecule has 3 heterocycles. The maximum atomic E-state index is 6.06. The van der Waals surface area contributed by atoms with Crippen LogP contribution in [0.5, 0.6) is 0 Å². The first kappa shape index (κ1) is 10.9. The minimum atomic E-state index is 0.401. The Morgan fingerprint density at radius 3 is 3.24 bits per heavy atom. The molecule has 2 aromatic heterocycles. The lowest BCUT2D eigenvalue weighted by atomic mass is 10.0. The summed E-state index contributed by atoms with van der Waals surface area (Å²) in [5.74, 6) is 1.68. The van der Waals surface area contributed by atoms with Gasteiger partial charge in [-0.05, 0) is 31.4 Å². The molecular formula is C13H15ClN2O. The number of alkyl halides is 1. The lowest BCUT2D eigenvalue weighted by Gasteiger charge is -2.35. The van der Waals surface area contributed by atoms with Crippen molar-refractivity contribution in [2.45, 2.75) is 25.3 Å². The Hall–Kier alpha value is -1.22. The first-order valence-electron chi connectivity index (χ1n) is 6.05. The number of pyridine rings is 1. The summed E-state index contributed by atoms with van der Waals surface area (Å²) in [5, 5.41) is 1.09. The lowest BCUT2D eigenvalue weighted by Crippen LogP contribution is -2.41. The molecule has 1 atom stereocenters. The number of hydrogen-bond acceptors (Lipinski definition) is 3. The minimum absolute atomic E-state index is 0.401. The highest BCUT2D eigenvalue weighted by Crippen LogP contribution is 2.30. The maximum Gasteiger partial charge on any atom is 0.139 e. The molecule has 1 saturated heterocycles. The maximum absolute atomic E-state index is 6.06. The molecule has 4 heteroatoms. The van der Waals surface area contributed by atoms with Gasteiger partial charge in [0.1, 0.15) is 11.4 Å². The number of halogens is 1. The van der Waals surface area contributed by atoms with Crippen molar-refractivity contribution < 1.29 is 4.42 Å². The van der Waals surface area contributed by atoms with E-state index in [9.17, 15) is 0 Å². The molecule has 0 spiro atoms. The number of fused-ring (bicyclic) bond motifs is 1. The smallest absolute Gasteiger partial charge is 0.139 e. The Balaban J connectivity index is 2.04. The van der Waals surface area contributed by atoms with Crippen LogP contribution in [-0.4, -0.2) is 23.5 Å². The van der Waals surface area contributed by atoms with Gasteiger partial charge in [-0.2, -0.15) is 0 Å². The van der Waals surface area contributed by atoms with Crippen molar-refractivity contribution in [2.75, 3.05) is 17.3 Å². The lowest BCUT2D eigenvalue weighted by molar-refractivity contribution is 0.485. The zero-order valence-electron chi connectivity index (χ0n) is 9.60. The van der Waals surface area contributed by atoms with Crippen LogP contribution in [0.1, 0.15) is 19.3 Å². The summed E-state index contributed by atoms with van der Waals surface area (Å²) in [6.45, 7) is 1.04. The van der Waals surface area contributed by atoms with Crippen molar-refractivity contribution in [3.05, 3.63) is 24.6 Å². The van der Waals surface area contributed by atoms with Crippen LogP contribution in [0, 0.1) is 0 Å². The van der Waals surface area contributed by atoms with E-state index in [1.54, 1.807) is 12.5 Å². The van der Waals surface area contributed by atoms with E-state index >= 15 is 0 Å². The van der Waals surface area contributed by atoms with Crippen LogP contribution in [-0.2, 0) is 0 Å². The predicted molar refractivity (Wildman–Crippen MR) is 69.7 cm³/mol. The number of rotatable bonds is 2. The van der Waals surface area contributed by atoms with E-state index in [0.717, 1.165) is 29.8 Å². The Morgan fingerprint density at radius 2 is 2.35 bits per heavy atom. The van der Waals surface area contributed by atoms with Crippen LogP contribution < -0.4 is 4.90 Å². The number of piperidine rings is 1. The Kier molecular flexibility index (Phi) is 2.93. The summed E-state index contributed by atoms with van der Waals surface area (Å²) in [4.78, 5) is 6.84. The fourth-order valence-electron chi connectivity index (χ4n) is 2.55. The molecule has 0 N–H and O–H groups in total. The van der Waals surface area contributed by atoms with Crippen molar-refractivity contribution in [3.63, 3.8) is 0 Å². The van der Waals surface area contributed by atoms with Crippen molar-refractivity contribution >= 4 is 28.4 Å². The normalized spacial score (nSPS) is 21.0. The molecule has 1 aliphatic heterocycles. The van der Waals surface area contributed by atoms with Crippen molar-refractivity contribution in [1.82, 2.24) is 4.98 Å². The Bertz CT molecular complexity index is 511. The first-order chi connectivity index (χ1) is 8.40. The molecule has 90 valence electrons. The van der Waals surface area contributed by atoms with Crippen molar-refractivity contribution in [3.8, 4) is 0 Å². The zero-order valence-corrected chi connectivity index (χ0v) is 10.4. The summed E-state index contributed by atoms with van der Waals surface area (Å²) in [6.07, 6.45) is 7.15. The van der Waals surface area contributed by atoms with E-state index in [1.807, 2.05) is 12.1 Å². The van der Waals surface area contributed by atoms with Gasteiger partial charge in [-0.25, -0.2) is 4.98 Å². The van der Waals surface area contributed by atoms with Crippen LogP contribution in [0.2, 0.25) is 0 Å². The third kappa shape index (κ3) is 1.89. The summed E-state index contributed by atoms with van der Waals surface area (Å²) in [5.41, 5.74) is 0.897. The summed E-state index contributed by atoms with van der Waals surface area (Å²) in [6, 6.07) is 4.29. The SMILES string of the molecule is ClCC1CCCCN1c1nccc2occc12. The molecular weight excluding hydrogens is 236 g/mol.